The molecule has 1 unspecified atom stereocenters. The van der Waals surface area contributed by atoms with Gasteiger partial charge in [0.2, 0.25) is 0 Å². The van der Waals surface area contributed by atoms with Crippen molar-refractivity contribution in [2.75, 3.05) is 32.8 Å². The number of morpholine rings is 1. The molecule has 162 valence electrons. The van der Waals surface area contributed by atoms with Crippen molar-refractivity contribution in [3.05, 3.63) is 35.0 Å². The Labute approximate surface area is 179 Å². The second-order valence-corrected chi connectivity index (χ2v) is 9.76. The molecule has 1 aliphatic heterocycles. The minimum atomic E-state index is 0.0638. The number of fused-ring (bicyclic) bond motifs is 3. The lowest BCUT2D eigenvalue weighted by Crippen LogP contribution is -2.59. The lowest BCUT2D eigenvalue weighted by atomic mass is 9.79. The maximum absolute atomic E-state index is 13.1. The summed E-state index contributed by atoms with van der Waals surface area (Å²) in [5.41, 5.74) is 4.85. The van der Waals surface area contributed by atoms with Gasteiger partial charge in [-0.1, -0.05) is 26.2 Å². The zero-order chi connectivity index (χ0) is 20.6. The van der Waals surface area contributed by atoms with Crippen LogP contribution in [0.15, 0.2) is 18.2 Å². The maximum Gasteiger partial charge on any atom is 0.251 e. The second kappa shape index (κ2) is 8.35. The second-order valence-electron chi connectivity index (χ2n) is 9.76. The Bertz CT molecular complexity index is 906. The lowest BCUT2D eigenvalue weighted by molar-refractivity contribution is -0.0361. The molecule has 5 heteroatoms. The highest BCUT2D eigenvalue weighted by Gasteiger charge is 2.38. The number of aromatic amines is 1. The molecule has 0 radical (unpaired) electrons. The Morgan fingerprint density at radius 3 is 2.83 bits per heavy atom. The van der Waals surface area contributed by atoms with Crippen molar-refractivity contribution in [3.8, 4) is 0 Å². The topological polar surface area (TPSA) is 57.4 Å². The first-order chi connectivity index (χ1) is 14.6. The fourth-order valence-corrected chi connectivity index (χ4v) is 5.93. The van der Waals surface area contributed by atoms with Gasteiger partial charge in [0.05, 0.1) is 13.2 Å². The minimum Gasteiger partial charge on any atom is -0.379 e. The number of carbonyl (C=O) groups excluding carboxylic acids is 1. The van der Waals surface area contributed by atoms with Gasteiger partial charge >= 0.3 is 0 Å². The highest BCUT2D eigenvalue weighted by Crippen LogP contribution is 2.34. The smallest absolute Gasteiger partial charge is 0.251 e. The van der Waals surface area contributed by atoms with Crippen LogP contribution in [-0.4, -0.2) is 54.2 Å². The molecule has 1 aromatic heterocycles. The Morgan fingerprint density at radius 2 is 2.03 bits per heavy atom. The molecule has 5 rings (SSSR count). The molecular formula is C25H35N3O2. The van der Waals surface area contributed by atoms with Gasteiger partial charge in [0.15, 0.2) is 0 Å². The van der Waals surface area contributed by atoms with Gasteiger partial charge < -0.3 is 15.0 Å². The van der Waals surface area contributed by atoms with Crippen LogP contribution in [0.4, 0.5) is 0 Å². The van der Waals surface area contributed by atoms with Crippen molar-refractivity contribution in [2.45, 2.75) is 63.8 Å². The molecule has 2 aliphatic carbocycles. The predicted octanol–water partition coefficient (Wildman–Crippen LogP) is 4.06. The van der Waals surface area contributed by atoms with E-state index < -0.39 is 0 Å². The van der Waals surface area contributed by atoms with Gasteiger partial charge in [-0.3, -0.25) is 9.69 Å². The quantitative estimate of drug-likeness (QED) is 0.801. The van der Waals surface area contributed by atoms with Gasteiger partial charge in [0.1, 0.15) is 0 Å². The average molecular weight is 410 g/mol. The number of aromatic nitrogens is 1. The summed E-state index contributed by atoms with van der Waals surface area (Å²) in [7, 11) is 0. The molecule has 5 nitrogen and oxygen atoms in total. The summed E-state index contributed by atoms with van der Waals surface area (Å²) >= 11 is 0. The first kappa shape index (κ1) is 20.1. The number of nitrogens with zero attached hydrogens (tertiary/aromatic N) is 1. The Balaban J connectivity index is 1.34. The van der Waals surface area contributed by atoms with E-state index >= 15 is 0 Å². The first-order valence-corrected chi connectivity index (χ1v) is 11.9. The summed E-state index contributed by atoms with van der Waals surface area (Å²) in [6, 6.07) is 6.18. The molecule has 0 spiro atoms. The summed E-state index contributed by atoms with van der Waals surface area (Å²) in [6.07, 6.45) is 9.66. The van der Waals surface area contributed by atoms with Crippen molar-refractivity contribution in [3.63, 3.8) is 0 Å². The van der Waals surface area contributed by atoms with Crippen molar-refractivity contribution >= 4 is 16.8 Å². The van der Waals surface area contributed by atoms with Crippen molar-refractivity contribution in [1.29, 1.82) is 0 Å². The molecular weight excluding hydrogens is 374 g/mol. The van der Waals surface area contributed by atoms with Gasteiger partial charge in [-0.15, -0.1) is 0 Å². The molecule has 1 saturated carbocycles. The normalized spacial score (nSPS) is 24.5. The van der Waals surface area contributed by atoms with Gasteiger partial charge in [0.25, 0.3) is 5.91 Å². The van der Waals surface area contributed by atoms with Crippen molar-refractivity contribution in [1.82, 2.24) is 15.2 Å². The Kier molecular flexibility index (Phi) is 5.59. The number of benzene rings is 1. The van der Waals surface area contributed by atoms with E-state index in [4.69, 9.17) is 4.74 Å². The van der Waals surface area contributed by atoms with Crippen molar-refractivity contribution < 1.29 is 9.53 Å². The van der Waals surface area contributed by atoms with Crippen LogP contribution in [-0.2, 0) is 17.6 Å². The van der Waals surface area contributed by atoms with Crippen LogP contribution in [0.2, 0.25) is 0 Å². The fraction of sp³-hybridized carbons (Fsp3) is 0.640. The number of H-pyrrole nitrogens is 1. The average Bonchev–Trinajstić information content (AvgIpc) is 3.16. The van der Waals surface area contributed by atoms with Crippen LogP contribution in [0.3, 0.4) is 0 Å². The van der Waals surface area contributed by atoms with Crippen LogP contribution < -0.4 is 5.32 Å². The molecule has 1 atom stereocenters. The lowest BCUT2D eigenvalue weighted by Gasteiger charge is -2.48. The molecule has 2 aromatic rings. The van der Waals surface area contributed by atoms with E-state index in [1.807, 2.05) is 6.07 Å². The maximum atomic E-state index is 13.1. The van der Waals surface area contributed by atoms with Crippen molar-refractivity contribution in [2.24, 2.45) is 5.92 Å². The van der Waals surface area contributed by atoms with Gasteiger partial charge in [0, 0.05) is 47.3 Å². The SMILES string of the molecule is CC1CCc2[nH]c3ccc(C(=O)NCC4(N5CCOCC5)CCCCC4)cc3c2C1. The minimum absolute atomic E-state index is 0.0638. The molecule has 1 amide bonds. The summed E-state index contributed by atoms with van der Waals surface area (Å²) in [6.45, 7) is 6.65. The first-order valence-electron chi connectivity index (χ1n) is 11.9. The largest absolute Gasteiger partial charge is 0.379 e. The number of ether oxygens (including phenoxy) is 1. The van der Waals surface area contributed by atoms with Crippen LogP contribution >= 0.6 is 0 Å². The van der Waals surface area contributed by atoms with E-state index in [0.717, 1.165) is 51.3 Å². The third-order valence-corrected chi connectivity index (χ3v) is 7.74. The highest BCUT2D eigenvalue weighted by molar-refractivity contribution is 5.99. The predicted molar refractivity (Wildman–Crippen MR) is 120 cm³/mol. The van der Waals surface area contributed by atoms with Gasteiger partial charge in [-0.25, -0.2) is 0 Å². The molecule has 30 heavy (non-hydrogen) atoms. The van der Waals surface area contributed by atoms with Crippen LogP contribution in [0.25, 0.3) is 10.9 Å². The number of rotatable bonds is 4. The third-order valence-electron chi connectivity index (χ3n) is 7.74. The molecule has 1 aromatic carbocycles. The highest BCUT2D eigenvalue weighted by atomic mass is 16.5. The zero-order valence-electron chi connectivity index (χ0n) is 18.3. The molecule has 0 bridgehead atoms. The standard InChI is InChI=1S/C25H35N3O2/c1-18-5-7-22-20(15-18)21-16-19(6-8-23(21)27-22)24(29)26-17-25(9-3-2-4-10-25)28-11-13-30-14-12-28/h6,8,16,18,27H,2-5,7,9-15,17H2,1H3,(H,26,29). The monoisotopic (exact) mass is 409 g/mol. The Morgan fingerprint density at radius 1 is 1.23 bits per heavy atom. The van der Waals surface area contributed by atoms with Crippen LogP contribution in [0, 0.1) is 5.92 Å². The number of hydrogen-bond acceptors (Lipinski definition) is 3. The number of hydrogen-bond donors (Lipinski definition) is 2. The number of amides is 1. The van der Waals surface area contributed by atoms with Crippen LogP contribution in [0.5, 0.6) is 0 Å². The summed E-state index contributed by atoms with van der Waals surface area (Å²) in [5, 5.41) is 4.56. The van der Waals surface area contributed by atoms with E-state index in [-0.39, 0.29) is 11.4 Å². The van der Waals surface area contributed by atoms with E-state index in [1.165, 1.54) is 60.7 Å². The summed E-state index contributed by atoms with van der Waals surface area (Å²) in [5.74, 6) is 0.780. The Hall–Kier alpha value is -1.85. The molecule has 1 saturated heterocycles. The van der Waals surface area contributed by atoms with E-state index in [1.54, 1.807) is 0 Å². The molecule has 3 aliphatic rings. The number of carbonyl (C=O) groups is 1. The summed E-state index contributed by atoms with van der Waals surface area (Å²) in [4.78, 5) is 19.3. The van der Waals surface area contributed by atoms with E-state index in [9.17, 15) is 4.79 Å². The molecule has 2 fully saturated rings. The molecule has 2 heterocycles. The number of aryl methyl sites for hydroxylation is 1. The van der Waals surface area contributed by atoms with Gasteiger partial charge in [-0.05, 0) is 61.8 Å². The third kappa shape index (κ3) is 3.78. The number of nitrogens with one attached hydrogen (secondary N) is 2. The molecule has 2 N–H and O–H groups in total. The van der Waals surface area contributed by atoms with Crippen LogP contribution in [0.1, 0.15) is 67.1 Å². The zero-order valence-corrected chi connectivity index (χ0v) is 18.3. The van der Waals surface area contributed by atoms with E-state index in [0.29, 0.717) is 5.92 Å². The van der Waals surface area contributed by atoms with Gasteiger partial charge in [-0.2, -0.15) is 0 Å². The summed E-state index contributed by atoms with van der Waals surface area (Å²) < 4.78 is 5.58. The fourth-order valence-electron chi connectivity index (χ4n) is 5.93. The van der Waals surface area contributed by atoms with E-state index in [2.05, 4.69) is 34.3 Å².